The molecule has 5 aliphatic heterocycles. The molecule has 1 radical (unpaired) electrons. The van der Waals surface area contributed by atoms with Crippen molar-refractivity contribution in [1.29, 1.82) is 0 Å². The smallest absolute Gasteiger partial charge is 0.308 e. The van der Waals surface area contributed by atoms with Crippen LogP contribution in [-0.4, -0.2) is 93.6 Å². The van der Waals surface area contributed by atoms with Crippen molar-refractivity contribution in [3.05, 3.63) is 0 Å². The molecule has 20 atom stereocenters. The summed E-state index contributed by atoms with van der Waals surface area (Å²) in [6.07, 6.45) is 11.4. The van der Waals surface area contributed by atoms with Crippen molar-refractivity contribution >= 4 is 23.9 Å². The number of carboxylic acids is 4. The van der Waals surface area contributed by atoms with Crippen molar-refractivity contribution in [2.75, 3.05) is 0 Å². The first-order valence-electron chi connectivity index (χ1n) is 20.1. The van der Waals surface area contributed by atoms with E-state index in [-0.39, 0.29) is 65.6 Å². The zero-order valence-corrected chi connectivity index (χ0v) is 30.8. The van der Waals surface area contributed by atoms with E-state index >= 15 is 0 Å². The topological polar surface area (TPSA) is 245 Å². The summed E-state index contributed by atoms with van der Waals surface area (Å²) in [5.74, 6) is -13.1. The van der Waals surface area contributed by atoms with E-state index in [1.807, 2.05) is 0 Å². The molecule has 297 valence electrons. The van der Waals surface area contributed by atoms with E-state index in [4.69, 9.17) is 0 Å². The monoisotopic (exact) mass is 787 g/mol. The third kappa shape index (κ3) is 6.34. The second-order valence-electron chi connectivity index (χ2n) is 17.6. The average Bonchev–Trinajstić information content (AvgIpc) is 3.86. The van der Waals surface area contributed by atoms with Gasteiger partial charge in [0, 0.05) is 28.6 Å². The summed E-state index contributed by atoms with van der Waals surface area (Å²) < 4.78 is 0. The number of carboxylic acid groups (broad SMARTS) is 4. The summed E-state index contributed by atoms with van der Waals surface area (Å²) in [6.45, 7) is 0. The Morgan fingerprint density at radius 2 is 0.509 bits per heavy atom. The van der Waals surface area contributed by atoms with Crippen molar-refractivity contribution in [2.24, 2.45) is 71.0 Å². The molecule has 0 aromatic carbocycles. The van der Waals surface area contributed by atoms with Crippen LogP contribution in [0, 0.1) is 71.0 Å². The van der Waals surface area contributed by atoms with E-state index in [2.05, 4.69) is 42.5 Å². The minimum absolute atomic E-state index is 0. The third-order valence-corrected chi connectivity index (χ3v) is 15.4. The van der Waals surface area contributed by atoms with Gasteiger partial charge in [0.2, 0.25) is 0 Å². The molecule has 0 spiro atoms. The van der Waals surface area contributed by atoms with Crippen LogP contribution in [0.2, 0.25) is 0 Å². The number of rotatable bonds is 4. The van der Waals surface area contributed by atoms with Gasteiger partial charge >= 0.3 is 23.9 Å². The zero-order chi connectivity index (χ0) is 36.0. The van der Waals surface area contributed by atoms with E-state index in [1.54, 1.807) is 0 Å². The second-order valence-corrected chi connectivity index (χ2v) is 17.6. The van der Waals surface area contributed by atoms with Gasteiger partial charge in [0.1, 0.15) is 0 Å². The van der Waals surface area contributed by atoms with Crippen molar-refractivity contribution in [2.45, 2.75) is 126 Å². The van der Waals surface area contributed by atoms with Crippen molar-refractivity contribution in [3.63, 3.8) is 0 Å². The number of hydrogen-bond acceptors (Lipinski definition) is 12. The summed E-state index contributed by atoms with van der Waals surface area (Å²) in [5, 5.41) is 73.1. The molecule has 0 aromatic heterocycles. The molecule has 5 heterocycles. The van der Waals surface area contributed by atoms with Gasteiger partial charge in [-0.15, -0.1) is 0 Å². The predicted octanol–water partition coefficient (Wildman–Crippen LogP) is -0.154. The van der Waals surface area contributed by atoms with Gasteiger partial charge in [-0.2, -0.15) is 0 Å². The molecule has 53 heavy (non-hydrogen) atoms. The number of fused-ring (bicyclic) bond motifs is 20. The average molecular weight is 788 g/mol. The first-order chi connectivity index (χ1) is 25.1. The second kappa shape index (κ2) is 14.9. The SMILES string of the molecule is O=C(O)C1C(C(=O)O)C(C(=O)O)C2C3NC4NC(NC5NC(NC6NC(NC(N3)C2C1C(=O)O)C1CCCCC61)C1CCCCC51)C1CCCCC41.[Co]. The van der Waals surface area contributed by atoms with Crippen LogP contribution in [0.15, 0.2) is 0 Å². The quantitative estimate of drug-likeness (QED) is 0.177. The molecule has 16 nitrogen and oxygen atoms in total. The Morgan fingerprint density at radius 1 is 0.321 bits per heavy atom. The van der Waals surface area contributed by atoms with Gasteiger partial charge < -0.3 is 20.4 Å². The Bertz CT molecular complexity index is 1350. The maximum atomic E-state index is 13.2. The van der Waals surface area contributed by atoms with Gasteiger partial charge in [-0.3, -0.25) is 61.7 Å². The van der Waals surface area contributed by atoms with Gasteiger partial charge in [-0.05, 0) is 74.0 Å². The van der Waals surface area contributed by atoms with Gasteiger partial charge in [-0.25, -0.2) is 0 Å². The van der Waals surface area contributed by atoms with Crippen LogP contribution in [-0.2, 0) is 36.0 Å². The molecule has 4 aliphatic carbocycles. The first-order valence-corrected chi connectivity index (χ1v) is 20.1. The van der Waals surface area contributed by atoms with Crippen molar-refractivity contribution in [3.8, 4) is 0 Å². The summed E-state index contributed by atoms with van der Waals surface area (Å²) in [6, 6.07) is 0. The Kier molecular flexibility index (Phi) is 10.6. The van der Waals surface area contributed by atoms with Gasteiger partial charge in [0.15, 0.2) is 0 Å². The largest absolute Gasteiger partial charge is 0.481 e. The third-order valence-electron chi connectivity index (χ3n) is 15.4. The Balaban J connectivity index is 0.00000400. The molecular weight excluding hydrogens is 731 g/mol. The molecule has 9 rings (SSSR count). The van der Waals surface area contributed by atoms with Crippen molar-refractivity contribution in [1.82, 2.24) is 42.5 Å². The fourth-order valence-corrected chi connectivity index (χ4v) is 13.4. The molecule has 17 heteroatoms. The normalized spacial score (nSPS) is 51.5. The van der Waals surface area contributed by atoms with Gasteiger partial charge in [0.25, 0.3) is 0 Å². The molecule has 0 amide bonds. The summed E-state index contributed by atoms with van der Waals surface area (Å²) in [4.78, 5) is 52.0. The number of nitrogens with one attached hydrogen (secondary N) is 8. The maximum absolute atomic E-state index is 13.2. The number of carbonyl (C=O) groups is 4. The number of aliphatic carboxylic acids is 4. The molecule has 4 saturated carbocycles. The van der Waals surface area contributed by atoms with E-state index in [0.717, 1.165) is 51.4 Å². The minimum atomic E-state index is -1.92. The van der Waals surface area contributed by atoms with E-state index in [9.17, 15) is 39.6 Å². The molecule has 0 aromatic rings. The van der Waals surface area contributed by atoms with Crippen LogP contribution in [0.5, 0.6) is 0 Å². The van der Waals surface area contributed by atoms with Crippen LogP contribution in [0.3, 0.4) is 0 Å². The molecule has 9 fully saturated rings. The summed E-state index contributed by atoms with van der Waals surface area (Å²) >= 11 is 0. The molecule has 12 N–H and O–H groups in total. The molecular formula is C36H56CoN8O8. The Morgan fingerprint density at radius 3 is 0.717 bits per heavy atom. The van der Waals surface area contributed by atoms with Crippen LogP contribution in [0.25, 0.3) is 0 Å². The fourth-order valence-electron chi connectivity index (χ4n) is 13.4. The van der Waals surface area contributed by atoms with Crippen LogP contribution in [0.4, 0.5) is 0 Å². The fraction of sp³-hybridized carbons (Fsp3) is 0.889. The molecule has 8 bridgehead atoms. The Labute approximate surface area is 319 Å². The van der Waals surface area contributed by atoms with Crippen LogP contribution < -0.4 is 42.5 Å². The molecule has 20 unspecified atom stereocenters. The zero-order valence-electron chi connectivity index (χ0n) is 29.8. The van der Waals surface area contributed by atoms with Crippen LogP contribution in [0.1, 0.15) is 77.0 Å². The van der Waals surface area contributed by atoms with E-state index in [1.165, 1.54) is 25.7 Å². The first kappa shape index (κ1) is 38.0. The van der Waals surface area contributed by atoms with Gasteiger partial charge in [0.05, 0.1) is 73.0 Å². The minimum Gasteiger partial charge on any atom is -0.481 e. The van der Waals surface area contributed by atoms with E-state index in [0.29, 0.717) is 23.7 Å². The summed E-state index contributed by atoms with van der Waals surface area (Å²) in [5.41, 5.74) is 0. The van der Waals surface area contributed by atoms with Gasteiger partial charge in [-0.1, -0.05) is 38.5 Å². The van der Waals surface area contributed by atoms with Crippen LogP contribution >= 0.6 is 0 Å². The standard InChI is InChI=1S/C36H56N8O8.Co/c45-33(46)21-19-20(22(34(47)48)24(36(51)52)23(21)35(49)50)32-43-30-18-12-6-4-10-16(18)28(41-30)39-26-14-8-2-1-7-13(14)25(37-26)38-27-15-9-3-5-11-17(15)29(40-27)42-31(19)44-32;/h13-32,37-44H,1-12H2,(H,45,46)(H,47,48)(H,49,50)(H,51,52);. The van der Waals surface area contributed by atoms with E-state index < -0.39 is 71.7 Å². The Hall–Kier alpha value is -1.93. The maximum Gasteiger partial charge on any atom is 0.308 e. The molecule has 5 saturated heterocycles. The predicted molar refractivity (Wildman–Crippen MR) is 183 cm³/mol. The summed E-state index contributed by atoms with van der Waals surface area (Å²) in [7, 11) is 0. The molecule has 9 aliphatic rings. The number of hydrogen-bond donors (Lipinski definition) is 12. The van der Waals surface area contributed by atoms with Crippen molar-refractivity contribution < 1.29 is 56.4 Å².